The van der Waals surface area contributed by atoms with E-state index in [1.807, 2.05) is 4.72 Å². The number of aromatic nitrogens is 2. The Morgan fingerprint density at radius 1 is 1.07 bits per heavy atom. The number of hydrogen-bond acceptors (Lipinski definition) is 8. The molecule has 1 aliphatic heterocycles. The Bertz CT molecular complexity index is 1730. The van der Waals surface area contributed by atoms with Crippen molar-refractivity contribution in [2.24, 2.45) is 0 Å². The van der Waals surface area contributed by atoms with Gasteiger partial charge in [-0.25, -0.2) is 18.1 Å². The fraction of sp³-hybridized carbons (Fsp3) is 0.250. The fourth-order valence-corrected chi connectivity index (χ4v) is 5.64. The number of sulfonamides is 1. The second-order valence-electron chi connectivity index (χ2n) is 9.76. The van der Waals surface area contributed by atoms with Gasteiger partial charge in [-0.2, -0.15) is 0 Å². The minimum absolute atomic E-state index is 0.165. The number of ether oxygens (including phenoxy) is 2. The Morgan fingerprint density at radius 3 is 2.58 bits per heavy atom. The average molecular weight is 600 g/mol. The van der Waals surface area contributed by atoms with Crippen molar-refractivity contribution in [2.75, 3.05) is 6.26 Å². The fourth-order valence-electron chi connectivity index (χ4n) is 4.61. The van der Waals surface area contributed by atoms with E-state index in [1.54, 1.807) is 42.5 Å². The van der Waals surface area contributed by atoms with Crippen LogP contribution >= 0.6 is 23.2 Å². The first-order valence-corrected chi connectivity index (χ1v) is 15.2. The molecule has 0 unspecified atom stereocenters. The van der Waals surface area contributed by atoms with Crippen molar-refractivity contribution >= 4 is 39.1 Å². The summed E-state index contributed by atoms with van der Waals surface area (Å²) < 4.78 is 42.8. The number of carbonyl (C=O) groups is 1. The number of nitrogens with one attached hydrogen (secondary N) is 1. The van der Waals surface area contributed by atoms with Crippen LogP contribution in [-0.2, 0) is 29.5 Å². The quantitative estimate of drug-likeness (QED) is 0.271. The minimum Gasteiger partial charge on any atom is -0.473 e. The van der Waals surface area contributed by atoms with Gasteiger partial charge in [0.25, 0.3) is 5.91 Å². The standard InChI is InChI=1S/C28H23Cl2N3O6S/c1-40(35,36)33-28(34)17-8-5-15-9-10-21-22(38-23(15)13-17)11-12-24(31-21)37-14-18-26(32-39-27(18)16-6-7-16)25-19(29)3-2-4-20(25)30/h2-5,8,11-13,16H,6-7,9-10,14H2,1H3,(H,33,34). The van der Waals surface area contributed by atoms with Crippen LogP contribution in [-0.4, -0.2) is 30.7 Å². The molecule has 9 nitrogen and oxygen atoms in total. The summed E-state index contributed by atoms with van der Waals surface area (Å²) in [5.41, 5.74) is 3.69. The first-order chi connectivity index (χ1) is 19.2. The van der Waals surface area contributed by atoms with E-state index in [2.05, 4.69) is 10.1 Å². The van der Waals surface area contributed by atoms with Crippen LogP contribution < -0.4 is 14.2 Å². The molecule has 2 aromatic carbocycles. The number of pyridine rings is 1. The molecule has 6 rings (SSSR count). The van der Waals surface area contributed by atoms with Crippen molar-refractivity contribution in [1.29, 1.82) is 0 Å². The van der Waals surface area contributed by atoms with Crippen molar-refractivity contribution in [1.82, 2.24) is 14.9 Å². The van der Waals surface area contributed by atoms with Crippen LogP contribution in [0.2, 0.25) is 10.0 Å². The Balaban J connectivity index is 1.23. The third-order valence-corrected chi connectivity index (χ3v) is 7.88. The molecule has 0 radical (unpaired) electrons. The number of benzene rings is 2. The molecule has 0 saturated heterocycles. The van der Waals surface area contributed by atoms with Gasteiger partial charge in [0.15, 0.2) is 0 Å². The molecule has 2 aromatic heterocycles. The third kappa shape index (κ3) is 5.52. The predicted molar refractivity (Wildman–Crippen MR) is 149 cm³/mol. The van der Waals surface area contributed by atoms with Crippen LogP contribution in [0, 0.1) is 0 Å². The van der Waals surface area contributed by atoms with Crippen molar-refractivity contribution < 1.29 is 27.2 Å². The number of fused-ring (bicyclic) bond motifs is 2. The summed E-state index contributed by atoms with van der Waals surface area (Å²) in [5.74, 6) is 1.74. The summed E-state index contributed by atoms with van der Waals surface area (Å²) in [5, 5.41) is 5.25. The molecule has 1 amide bonds. The van der Waals surface area contributed by atoms with E-state index >= 15 is 0 Å². The Hall–Kier alpha value is -3.60. The summed E-state index contributed by atoms with van der Waals surface area (Å²) in [6, 6.07) is 13.6. The molecular formula is C28H23Cl2N3O6S. The van der Waals surface area contributed by atoms with Gasteiger partial charge in [-0.15, -0.1) is 0 Å². The zero-order valence-electron chi connectivity index (χ0n) is 21.2. The van der Waals surface area contributed by atoms with Gasteiger partial charge in [-0.3, -0.25) is 4.79 Å². The first-order valence-electron chi connectivity index (χ1n) is 12.5. The SMILES string of the molecule is CS(=O)(=O)NC(=O)c1ccc2c(c1)Oc1ccc(OCc3c(-c4c(Cl)cccc4Cl)noc3C3CC3)nc1CC2. The van der Waals surface area contributed by atoms with Gasteiger partial charge in [0, 0.05) is 23.1 Å². The van der Waals surface area contributed by atoms with Crippen molar-refractivity contribution in [2.45, 2.75) is 38.2 Å². The average Bonchev–Trinajstić information content (AvgIpc) is 3.69. The summed E-state index contributed by atoms with van der Waals surface area (Å²) in [7, 11) is -3.69. The topological polar surface area (TPSA) is 121 Å². The molecule has 3 heterocycles. The van der Waals surface area contributed by atoms with Gasteiger partial charge in [0.2, 0.25) is 15.9 Å². The van der Waals surface area contributed by atoms with Crippen LogP contribution in [0.25, 0.3) is 11.3 Å². The maximum Gasteiger partial charge on any atom is 0.264 e. The molecule has 2 aliphatic rings. The molecular weight excluding hydrogens is 577 g/mol. The third-order valence-electron chi connectivity index (χ3n) is 6.70. The second kappa shape index (κ2) is 10.4. The molecule has 1 saturated carbocycles. The number of rotatable bonds is 7. The lowest BCUT2D eigenvalue weighted by Crippen LogP contribution is -2.29. The number of aryl methyl sites for hydroxylation is 2. The van der Waals surface area contributed by atoms with Gasteiger partial charge in [-0.05, 0) is 61.6 Å². The highest BCUT2D eigenvalue weighted by molar-refractivity contribution is 7.89. The Kier molecular flexibility index (Phi) is 6.93. The summed E-state index contributed by atoms with van der Waals surface area (Å²) in [6.07, 6.45) is 4.15. The van der Waals surface area contributed by atoms with Crippen LogP contribution in [0.1, 0.15) is 51.7 Å². The molecule has 0 spiro atoms. The Morgan fingerprint density at radius 2 is 1.85 bits per heavy atom. The monoisotopic (exact) mass is 599 g/mol. The number of halogens is 2. The summed E-state index contributed by atoms with van der Waals surface area (Å²) in [6.45, 7) is 0.165. The van der Waals surface area contributed by atoms with Gasteiger partial charge in [0.05, 0.1) is 27.6 Å². The van der Waals surface area contributed by atoms with Crippen LogP contribution in [0.3, 0.4) is 0 Å². The van der Waals surface area contributed by atoms with E-state index in [0.29, 0.717) is 57.2 Å². The molecule has 206 valence electrons. The highest BCUT2D eigenvalue weighted by Crippen LogP contribution is 2.46. The maximum absolute atomic E-state index is 12.3. The second-order valence-corrected chi connectivity index (χ2v) is 12.3. The minimum atomic E-state index is -3.69. The molecule has 0 bridgehead atoms. The zero-order chi connectivity index (χ0) is 28.0. The molecule has 40 heavy (non-hydrogen) atoms. The smallest absolute Gasteiger partial charge is 0.264 e. The first kappa shape index (κ1) is 26.6. The van der Waals surface area contributed by atoms with Gasteiger partial charge in [-0.1, -0.05) is 40.5 Å². The predicted octanol–water partition coefficient (Wildman–Crippen LogP) is 6.08. The van der Waals surface area contributed by atoms with Crippen LogP contribution in [0.4, 0.5) is 0 Å². The highest BCUT2D eigenvalue weighted by Gasteiger charge is 2.34. The van der Waals surface area contributed by atoms with E-state index < -0.39 is 15.9 Å². The van der Waals surface area contributed by atoms with Crippen LogP contribution in [0.5, 0.6) is 17.4 Å². The van der Waals surface area contributed by atoms with Crippen LogP contribution in [0.15, 0.2) is 53.1 Å². The van der Waals surface area contributed by atoms with Gasteiger partial charge < -0.3 is 14.0 Å². The largest absolute Gasteiger partial charge is 0.473 e. The van der Waals surface area contributed by atoms with Gasteiger partial charge in [0.1, 0.15) is 29.6 Å². The van der Waals surface area contributed by atoms with Crippen molar-refractivity contribution in [3.8, 4) is 28.6 Å². The van der Waals surface area contributed by atoms with E-state index in [1.165, 1.54) is 6.07 Å². The van der Waals surface area contributed by atoms with Gasteiger partial charge >= 0.3 is 0 Å². The van der Waals surface area contributed by atoms with E-state index in [-0.39, 0.29) is 18.1 Å². The lowest BCUT2D eigenvalue weighted by Gasteiger charge is -2.12. The number of nitrogens with zero attached hydrogens (tertiary/aromatic N) is 2. The molecule has 1 N–H and O–H groups in total. The normalized spacial score (nSPS) is 14.5. The molecule has 0 atom stereocenters. The number of carbonyl (C=O) groups excluding carboxylic acids is 1. The van der Waals surface area contributed by atoms with E-state index in [4.69, 9.17) is 37.2 Å². The van der Waals surface area contributed by atoms with E-state index in [0.717, 1.165) is 36.0 Å². The maximum atomic E-state index is 12.3. The molecule has 1 fully saturated rings. The van der Waals surface area contributed by atoms with E-state index in [9.17, 15) is 13.2 Å². The molecule has 4 aromatic rings. The lowest BCUT2D eigenvalue weighted by atomic mass is 10.0. The zero-order valence-corrected chi connectivity index (χ0v) is 23.6. The lowest BCUT2D eigenvalue weighted by molar-refractivity contribution is 0.0981. The summed E-state index contributed by atoms with van der Waals surface area (Å²) >= 11 is 12.9. The summed E-state index contributed by atoms with van der Waals surface area (Å²) in [4.78, 5) is 17.0. The molecule has 1 aliphatic carbocycles. The number of amides is 1. The highest BCUT2D eigenvalue weighted by atomic mass is 35.5. The Labute approximate surface area is 240 Å². The van der Waals surface area contributed by atoms with Crippen molar-refractivity contribution in [3.63, 3.8) is 0 Å². The molecule has 12 heteroatoms. The van der Waals surface area contributed by atoms with Crippen molar-refractivity contribution in [3.05, 3.63) is 86.7 Å². The number of hydrogen-bond donors (Lipinski definition) is 1.